The molecule has 3 rings (SSSR count). The first kappa shape index (κ1) is 16.6. The lowest BCUT2D eigenvalue weighted by Crippen LogP contribution is -2.50. The van der Waals surface area contributed by atoms with Gasteiger partial charge in [0.25, 0.3) is 5.91 Å². The molecule has 1 amide bonds. The highest BCUT2D eigenvalue weighted by Gasteiger charge is 2.61. The summed E-state index contributed by atoms with van der Waals surface area (Å²) in [4.78, 5) is 13.2. The topological polar surface area (TPSA) is 101 Å². The van der Waals surface area contributed by atoms with Crippen molar-refractivity contribution < 1.29 is 25.2 Å². The van der Waals surface area contributed by atoms with Crippen molar-refractivity contribution in [2.75, 3.05) is 6.73 Å². The summed E-state index contributed by atoms with van der Waals surface area (Å²) in [6, 6.07) is 15.5. The number of aliphatic hydroxyl groups is 4. The molecule has 1 aliphatic heterocycles. The van der Waals surface area contributed by atoms with Crippen molar-refractivity contribution in [1.29, 1.82) is 0 Å². The number of carbonyl (C=O) groups excluding carboxylic acids is 1. The first-order valence-corrected chi connectivity index (χ1v) is 7.62. The van der Waals surface area contributed by atoms with Gasteiger partial charge in [-0.3, -0.25) is 4.79 Å². The van der Waals surface area contributed by atoms with Crippen molar-refractivity contribution in [3.8, 4) is 0 Å². The number of likely N-dealkylation sites (tertiary alicyclic amines) is 1. The molecular formula is C18H19NO5. The molecule has 0 aromatic heterocycles. The van der Waals surface area contributed by atoms with Crippen LogP contribution in [0.4, 0.5) is 0 Å². The molecule has 4 atom stereocenters. The molecule has 0 aliphatic carbocycles. The minimum absolute atomic E-state index is 0.293. The number of rotatable bonds is 4. The number of hydrogen-bond acceptors (Lipinski definition) is 5. The van der Waals surface area contributed by atoms with Gasteiger partial charge in [-0.25, -0.2) is 0 Å². The van der Waals surface area contributed by atoms with Crippen molar-refractivity contribution in [2.45, 2.75) is 23.9 Å². The molecule has 1 heterocycles. The van der Waals surface area contributed by atoms with E-state index < -0.39 is 36.5 Å². The maximum atomic E-state index is 12.3. The number of amides is 1. The van der Waals surface area contributed by atoms with Gasteiger partial charge in [0, 0.05) is 0 Å². The van der Waals surface area contributed by atoms with Crippen molar-refractivity contribution in [3.63, 3.8) is 0 Å². The van der Waals surface area contributed by atoms with Crippen LogP contribution >= 0.6 is 0 Å². The highest BCUT2D eigenvalue weighted by molar-refractivity contribution is 5.86. The van der Waals surface area contributed by atoms with Gasteiger partial charge in [0.05, 0.1) is 0 Å². The maximum Gasteiger partial charge on any atom is 0.257 e. The third-order valence-electron chi connectivity index (χ3n) is 4.55. The van der Waals surface area contributed by atoms with E-state index in [9.17, 15) is 25.2 Å². The van der Waals surface area contributed by atoms with Gasteiger partial charge in [-0.15, -0.1) is 0 Å². The summed E-state index contributed by atoms with van der Waals surface area (Å²) in [6.07, 6.45) is -3.07. The molecule has 0 spiro atoms. The smallest absolute Gasteiger partial charge is 0.257 e. The second kappa shape index (κ2) is 6.33. The van der Waals surface area contributed by atoms with Gasteiger partial charge in [0.15, 0.2) is 6.10 Å². The zero-order chi connectivity index (χ0) is 17.3. The number of carbonyl (C=O) groups is 1. The van der Waals surface area contributed by atoms with Gasteiger partial charge in [-0.1, -0.05) is 60.7 Å². The fourth-order valence-corrected chi connectivity index (χ4v) is 3.32. The minimum atomic E-state index is -2.05. The molecule has 2 aromatic rings. The predicted octanol–water partition coefficient (Wildman–Crippen LogP) is 0.129. The molecular weight excluding hydrogens is 310 g/mol. The van der Waals surface area contributed by atoms with E-state index in [0.29, 0.717) is 11.1 Å². The molecule has 4 N–H and O–H groups in total. The van der Waals surface area contributed by atoms with Crippen LogP contribution in [0.25, 0.3) is 0 Å². The molecule has 1 saturated heterocycles. The summed E-state index contributed by atoms with van der Waals surface area (Å²) in [5, 5.41) is 41.9. The van der Waals surface area contributed by atoms with Gasteiger partial charge in [-0.2, -0.15) is 0 Å². The standard InChI is InChI=1S/C18H19NO5/c20-11-19-15(14(21)12-7-3-1-4-8-12)18(24,16(22)17(19)23)13-9-5-2-6-10-13/h1-10,14-16,20-22,24H,11H2/t14?,15-,16+,18-/m0/s1. The molecule has 0 radical (unpaired) electrons. The van der Waals surface area contributed by atoms with E-state index in [1.807, 2.05) is 0 Å². The van der Waals surface area contributed by atoms with Crippen LogP contribution in [0.2, 0.25) is 0 Å². The number of hydrogen-bond donors (Lipinski definition) is 4. The van der Waals surface area contributed by atoms with Crippen LogP contribution in [0.15, 0.2) is 60.7 Å². The molecule has 6 nitrogen and oxygen atoms in total. The Morgan fingerprint density at radius 2 is 1.58 bits per heavy atom. The van der Waals surface area contributed by atoms with Crippen molar-refractivity contribution >= 4 is 5.91 Å². The average Bonchev–Trinajstić information content (AvgIpc) is 2.84. The van der Waals surface area contributed by atoms with Crippen LogP contribution in [0.1, 0.15) is 17.2 Å². The Morgan fingerprint density at radius 3 is 2.12 bits per heavy atom. The van der Waals surface area contributed by atoms with Gasteiger partial charge in [0.1, 0.15) is 24.5 Å². The second-order valence-corrected chi connectivity index (χ2v) is 5.84. The highest BCUT2D eigenvalue weighted by atomic mass is 16.4. The van der Waals surface area contributed by atoms with Crippen molar-refractivity contribution in [1.82, 2.24) is 4.90 Å². The quantitative estimate of drug-likeness (QED) is 0.639. The van der Waals surface area contributed by atoms with E-state index in [2.05, 4.69) is 0 Å². The van der Waals surface area contributed by atoms with E-state index in [4.69, 9.17) is 0 Å². The first-order chi connectivity index (χ1) is 11.5. The SMILES string of the molecule is O=C1[C@@H](O)[C@](O)(c2ccccc2)[C@H](C(O)c2ccccc2)N1CO. The fraction of sp³-hybridized carbons (Fsp3) is 0.278. The van der Waals surface area contributed by atoms with Crippen LogP contribution in [0.5, 0.6) is 0 Å². The van der Waals surface area contributed by atoms with Gasteiger partial charge >= 0.3 is 0 Å². The van der Waals surface area contributed by atoms with E-state index in [1.54, 1.807) is 60.7 Å². The van der Waals surface area contributed by atoms with Crippen molar-refractivity contribution in [3.05, 3.63) is 71.8 Å². The summed E-state index contributed by atoms with van der Waals surface area (Å²) in [6.45, 7) is -0.723. The zero-order valence-electron chi connectivity index (χ0n) is 12.9. The van der Waals surface area contributed by atoms with Crippen LogP contribution in [0, 0.1) is 0 Å². The Hall–Kier alpha value is -2.25. The zero-order valence-corrected chi connectivity index (χ0v) is 12.9. The molecule has 2 aromatic carbocycles. The lowest BCUT2D eigenvalue weighted by Gasteiger charge is -2.37. The maximum absolute atomic E-state index is 12.3. The Morgan fingerprint density at radius 1 is 1.04 bits per heavy atom. The van der Waals surface area contributed by atoms with E-state index >= 15 is 0 Å². The van der Waals surface area contributed by atoms with Crippen LogP contribution in [0.3, 0.4) is 0 Å². The summed E-state index contributed by atoms with van der Waals surface area (Å²) < 4.78 is 0. The Kier molecular flexibility index (Phi) is 4.38. The molecule has 126 valence electrons. The number of benzene rings is 2. The lowest BCUT2D eigenvalue weighted by molar-refractivity contribution is -0.141. The van der Waals surface area contributed by atoms with Gasteiger partial charge in [0.2, 0.25) is 0 Å². The highest BCUT2D eigenvalue weighted by Crippen LogP contribution is 2.44. The van der Waals surface area contributed by atoms with Crippen LogP contribution in [-0.4, -0.2) is 50.1 Å². The third-order valence-corrected chi connectivity index (χ3v) is 4.55. The second-order valence-electron chi connectivity index (χ2n) is 5.84. The normalized spacial score (nSPS) is 28.2. The molecule has 0 saturated carbocycles. The molecule has 0 bridgehead atoms. The molecule has 1 fully saturated rings. The van der Waals surface area contributed by atoms with Gasteiger partial charge < -0.3 is 25.3 Å². The molecule has 1 aliphatic rings. The largest absolute Gasteiger partial charge is 0.386 e. The Bertz CT molecular complexity index is 708. The molecule has 1 unspecified atom stereocenters. The predicted molar refractivity (Wildman–Crippen MR) is 85.5 cm³/mol. The number of nitrogens with zero attached hydrogens (tertiary/aromatic N) is 1. The van der Waals surface area contributed by atoms with E-state index in [1.165, 1.54) is 0 Å². The average molecular weight is 329 g/mol. The molecule has 24 heavy (non-hydrogen) atoms. The summed E-state index contributed by atoms with van der Waals surface area (Å²) in [5.74, 6) is -0.830. The summed E-state index contributed by atoms with van der Waals surface area (Å²) >= 11 is 0. The monoisotopic (exact) mass is 329 g/mol. The van der Waals surface area contributed by atoms with Gasteiger partial charge in [-0.05, 0) is 11.1 Å². The number of aliphatic hydroxyl groups excluding tert-OH is 3. The minimum Gasteiger partial charge on any atom is -0.386 e. The van der Waals surface area contributed by atoms with Crippen LogP contribution in [-0.2, 0) is 10.4 Å². The Balaban J connectivity index is 2.12. The summed E-state index contributed by atoms with van der Waals surface area (Å²) in [5.41, 5.74) is -1.28. The third kappa shape index (κ3) is 2.40. The van der Waals surface area contributed by atoms with Crippen molar-refractivity contribution in [2.24, 2.45) is 0 Å². The summed E-state index contributed by atoms with van der Waals surface area (Å²) in [7, 11) is 0. The van der Waals surface area contributed by atoms with E-state index in [0.717, 1.165) is 4.90 Å². The Labute approximate surface area is 139 Å². The fourth-order valence-electron chi connectivity index (χ4n) is 3.32. The molecule has 6 heteroatoms. The first-order valence-electron chi connectivity index (χ1n) is 7.62. The van der Waals surface area contributed by atoms with Crippen LogP contribution < -0.4 is 0 Å². The van der Waals surface area contributed by atoms with E-state index in [-0.39, 0.29) is 0 Å². The lowest BCUT2D eigenvalue weighted by atomic mass is 9.80.